The van der Waals surface area contributed by atoms with Crippen molar-refractivity contribution in [3.63, 3.8) is 0 Å². The molecule has 0 atom stereocenters. The van der Waals surface area contributed by atoms with E-state index < -0.39 is 16.2 Å². The zero-order valence-electron chi connectivity index (χ0n) is 10.9. The number of hydrogen-bond donors (Lipinski definition) is 2. The molecule has 0 spiro atoms. The monoisotopic (exact) mass is 290 g/mol. The van der Waals surface area contributed by atoms with E-state index >= 15 is 0 Å². The number of rotatable bonds is 8. The number of nitrogens with zero attached hydrogens (tertiary/aromatic N) is 3. The first-order valence-electron chi connectivity index (χ1n) is 5.72. The maximum Gasteiger partial charge on any atom is 0.304 e. The van der Waals surface area contributed by atoms with Gasteiger partial charge in [0.1, 0.15) is 0 Å². The SMILES string of the molecule is CN(CCC(=O)O)S(=O)(=O)NCCc1ccn(C)n1. The Balaban J connectivity index is 2.39. The van der Waals surface area contributed by atoms with E-state index in [1.807, 2.05) is 6.07 Å². The number of aryl methyl sites for hydroxylation is 1. The third kappa shape index (κ3) is 5.37. The van der Waals surface area contributed by atoms with Crippen molar-refractivity contribution in [2.45, 2.75) is 12.8 Å². The summed E-state index contributed by atoms with van der Waals surface area (Å²) in [4.78, 5) is 10.4. The Kier molecular flexibility index (Phi) is 5.45. The molecule has 0 aliphatic rings. The maximum atomic E-state index is 11.7. The highest BCUT2D eigenvalue weighted by molar-refractivity contribution is 7.87. The second kappa shape index (κ2) is 6.64. The minimum Gasteiger partial charge on any atom is -0.481 e. The summed E-state index contributed by atoms with van der Waals surface area (Å²) in [5.41, 5.74) is 0.790. The van der Waals surface area contributed by atoms with Crippen LogP contribution in [0.2, 0.25) is 0 Å². The smallest absolute Gasteiger partial charge is 0.304 e. The number of aliphatic carboxylic acids is 1. The van der Waals surface area contributed by atoms with Gasteiger partial charge in [-0.3, -0.25) is 9.48 Å². The first-order valence-corrected chi connectivity index (χ1v) is 7.16. The van der Waals surface area contributed by atoms with Crippen molar-refractivity contribution in [1.29, 1.82) is 0 Å². The predicted octanol–water partition coefficient (Wildman–Crippen LogP) is -0.796. The second-order valence-corrected chi connectivity index (χ2v) is 5.96. The lowest BCUT2D eigenvalue weighted by Crippen LogP contribution is -2.40. The first kappa shape index (κ1) is 15.6. The lowest BCUT2D eigenvalue weighted by molar-refractivity contribution is -0.137. The second-order valence-electron chi connectivity index (χ2n) is 4.10. The molecule has 1 heterocycles. The number of carboxylic acids is 1. The van der Waals surface area contributed by atoms with E-state index in [-0.39, 0.29) is 19.5 Å². The summed E-state index contributed by atoms with van der Waals surface area (Å²) in [6.45, 7) is 0.158. The van der Waals surface area contributed by atoms with Gasteiger partial charge in [0.2, 0.25) is 0 Å². The fourth-order valence-corrected chi connectivity index (χ4v) is 2.30. The molecular weight excluding hydrogens is 272 g/mol. The highest BCUT2D eigenvalue weighted by atomic mass is 32.2. The molecule has 1 rings (SSSR count). The van der Waals surface area contributed by atoms with Gasteiger partial charge >= 0.3 is 5.97 Å². The number of hydrogen-bond acceptors (Lipinski definition) is 4. The molecule has 0 amide bonds. The van der Waals surface area contributed by atoms with E-state index in [0.29, 0.717) is 6.42 Å². The average Bonchev–Trinajstić information content (AvgIpc) is 2.71. The molecule has 0 aromatic carbocycles. The molecule has 19 heavy (non-hydrogen) atoms. The van der Waals surface area contributed by atoms with Crippen LogP contribution in [0.4, 0.5) is 0 Å². The highest BCUT2D eigenvalue weighted by Crippen LogP contribution is 1.98. The lowest BCUT2D eigenvalue weighted by Gasteiger charge is -2.16. The number of carbonyl (C=O) groups is 1. The van der Waals surface area contributed by atoms with E-state index in [2.05, 4.69) is 9.82 Å². The molecule has 0 aliphatic heterocycles. The fraction of sp³-hybridized carbons (Fsp3) is 0.600. The largest absolute Gasteiger partial charge is 0.481 e. The van der Waals surface area contributed by atoms with Crippen LogP contribution in [0, 0.1) is 0 Å². The van der Waals surface area contributed by atoms with Gasteiger partial charge in [-0.25, -0.2) is 4.72 Å². The summed E-state index contributed by atoms with van der Waals surface area (Å²) in [7, 11) is -0.509. The average molecular weight is 290 g/mol. The standard InChI is InChI=1S/C10H18N4O4S/c1-13-7-4-9(12-13)3-6-11-19(17,18)14(2)8-5-10(15)16/h4,7,11H,3,5-6,8H2,1-2H3,(H,15,16). The Labute approximate surface area is 112 Å². The summed E-state index contributed by atoms with van der Waals surface area (Å²) < 4.78 is 28.5. The van der Waals surface area contributed by atoms with Crippen LogP contribution < -0.4 is 4.72 Å². The molecule has 0 saturated carbocycles. The quantitative estimate of drug-likeness (QED) is 0.652. The predicted molar refractivity (Wildman–Crippen MR) is 68.7 cm³/mol. The van der Waals surface area contributed by atoms with Crippen molar-refractivity contribution < 1.29 is 18.3 Å². The molecule has 0 radical (unpaired) electrons. The van der Waals surface area contributed by atoms with E-state index in [1.54, 1.807) is 17.9 Å². The summed E-state index contributed by atoms with van der Waals surface area (Å²) in [5.74, 6) is -1.03. The Morgan fingerprint density at radius 1 is 1.58 bits per heavy atom. The van der Waals surface area contributed by atoms with Crippen LogP contribution in [0.15, 0.2) is 12.3 Å². The van der Waals surface area contributed by atoms with Crippen LogP contribution in [0.1, 0.15) is 12.1 Å². The minimum absolute atomic E-state index is 0.0613. The third-order valence-corrected chi connectivity index (χ3v) is 4.06. The van der Waals surface area contributed by atoms with E-state index in [1.165, 1.54) is 7.05 Å². The van der Waals surface area contributed by atoms with Crippen LogP contribution in [0.5, 0.6) is 0 Å². The van der Waals surface area contributed by atoms with E-state index in [4.69, 9.17) is 5.11 Å². The zero-order valence-corrected chi connectivity index (χ0v) is 11.7. The van der Waals surface area contributed by atoms with Gasteiger partial charge in [0.05, 0.1) is 12.1 Å². The Morgan fingerprint density at radius 2 is 2.26 bits per heavy atom. The minimum atomic E-state index is -3.63. The fourth-order valence-electron chi connectivity index (χ4n) is 1.39. The van der Waals surface area contributed by atoms with Crippen LogP contribution in [0.25, 0.3) is 0 Å². The van der Waals surface area contributed by atoms with E-state index in [0.717, 1.165) is 10.00 Å². The Morgan fingerprint density at radius 3 is 2.79 bits per heavy atom. The number of aromatic nitrogens is 2. The van der Waals surface area contributed by atoms with Crippen LogP contribution in [-0.2, 0) is 28.5 Å². The topological polar surface area (TPSA) is 105 Å². The van der Waals surface area contributed by atoms with Crippen molar-refractivity contribution in [2.24, 2.45) is 7.05 Å². The molecule has 0 fully saturated rings. The number of carboxylic acid groups (broad SMARTS) is 1. The van der Waals surface area contributed by atoms with Gasteiger partial charge in [0.15, 0.2) is 0 Å². The van der Waals surface area contributed by atoms with Crippen LogP contribution in [0.3, 0.4) is 0 Å². The Bertz CT molecular complexity index is 525. The zero-order chi connectivity index (χ0) is 14.5. The van der Waals surface area contributed by atoms with Gasteiger partial charge in [-0.15, -0.1) is 0 Å². The molecule has 0 saturated heterocycles. The van der Waals surface area contributed by atoms with Gasteiger partial charge in [-0.05, 0) is 6.07 Å². The van der Waals surface area contributed by atoms with Crippen molar-refractivity contribution in [3.05, 3.63) is 18.0 Å². The molecule has 8 nitrogen and oxygen atoms in total. The summed E-state index contributed by atoms with van der Waals surface area (Å²) in [6, 6.07) is 1.81. The van der Waals surface area contributed by atoms with Crippen molar-refractivity contribution >= 4 is 16.2 Å². The molecule has 0 bridgehead atoms. The third-order valence-electron chi connectivity index (χ3n) is 2.49. The summed E-state index contributed by atoms with van der Waals surface area (Å²) >= 11 is 0. The van der Waals surface area contributed by atoms with Crippen molar-refractivity contribution in [2.75, 3.05) is 20.1 Å². The summed E-state index contributed by atoms with van der Waals surface area (Å²) in [5, 5.41) is 12.6. The van der Waals surface area contributed by atoms with Gasteiger partial charge < -0.3 is 5.11 Å². The van der Waals surface area contributed by atoms with Crippen LogP contribution in [-0.4, -0.2) is 53.7 Å². The molecule has 0 unspecified atom stereocenters. The normalized spacial score (nSPS) is 11.9. The van der Waals surface area contributed by atoms with Gasteiger partial charge in [-0.2, -0.15) is 17.8 Å². The highest BCUT2D eigenvalue weighted by Gasteiger charge is 2.17. The van der Waals surface area contributed by atoms with E-state index in [9.17, 15) is 13.2 Å². The van der Waals surface area contributed by atoms with Gasteiger partial charge in [0, 0.05) is 39.8 Å². The molecule has 9 heteroatoms. The van der Waals surface area contributed by atoms with Gasteiger partial charge in [-0.1, -0.05) is 0 Å². The molecule has 0 aliphatic carbocycles. The molecule has 1 aromatic rings. The molecular formula is C10H18N4O4S. The first-order chi connectivity index (χ1) is 8.81. The maximum absolute atomic E-state index is 11.7. The number of nitrogens with one attached hydrogen (secondary N) is 1. The molecule has 1 aromatic heterocycles. The Hall–Kier alpha value is -1.45. The molecule has 108 valence electrons. The van der Waals surface area contributed by atoms with Gasteiger partial charge in [0.25, 0.3) is 10.2 Å². The van der Waals surface area contributed by atoms with Crippen molar-refractivity contribution in [3.8, 4) is 0 Å². The molecule has 2 N–H and O–H groups in total. The summed E-state index contributed by atoms with van der Waals surface area (Å²) in [6.07, 6.45) is 2.04. The van der Waals surface area contributed by atoms with Crippen LogP contribution >= 0.6 is 0 Å². The van der Waals surface area contributed by atoms with Crippen molar-refractivity contribution in [1.82, 2.24) is 18.8 Å². The lowest BCUT2D eigenvalue weighted by atomic mass is 10.3.